The fourth-order valence-corrected chi connectivity index (χ4v) is 2.91. The Bertz CT molecular complexity index is 579. The first-order chi connectivity index (χ1) is 8.47. The Balaban J connectivity index is 2.13. The van der Waals surface area contributed by atoms with Crippen LogP contribution in [0.1, 0.15) is 31.5 Å². The molecule has 0 spiro atoms. The fourth-order valence-electron chi connectivity index (χ4n) is 1.39. The van der Waals surface area contributed by atoms with E-state index in [4.69, 9.17) is 0 Å². The Morgan fingerprint density at radius 2 is 2.06 bits per heavy atom. The van der Waals surface area contributed by atoms with Crippen molar-refractivity contribution in [3.63, 3.8) is 0 Å². The minimum atomic E-state index is -2.67. The molecule has 2 aromatic heterocycles. The number of hydrogen-bond acceptors (Lipinski definition) is 5. The van der Waals surface area contributed by atoms with Crippen LogP contribution in [0.5, 0.6) is 0 Å². The van der Waals surface area contributed by atoms with Gasteiger partial charge in [0, 0.05) is 9.75 Å². The second-order valence-electron chi connectivity index (χ2n) is 3.53. The maximum atomic E-state index is 12.3. The molecule has 0 atom stereocenters. The zero-order chi connectivity index (χ0) is 13.3. The minimum Gasteiger partial charge on any atom is -0.296 e. The molecular formula is C10H9F2N3OS2. The molecule has 2 aromatic rings. The van der Waals surface area contributed by atoms with Crippen molar-refractivity contribution in [2.45, 2.75) is 20.3 Å². The van der Waals surface area contributed by atoms with Gasteiger partial charge >= 0.3 is 0 Å². The van der Waals surface area contributed by atoms with Gasteiger partial charge in [-0.1, -0.05) is 11.3 Å². The molecule has 0 saturated heterocycles. The number of aryl methyl sites for hydroxylation is 2. The number of nitrogens with zero attached hydrogens (tertiary/aromatic N) is 2. The first-order valence-electron chi connectivity index (χ1n) is 4.97. The van der Waals surface area contributed by atoms with Crippen molar-refractivity contribution in [2.75, 3.05) is 5.32 Å². The molecule has 0 unspecified atom stereocenters. The number of thiophene rings is 1. The van der Waals surface area contributed by atoms with Crippen LogP contribution in [0.4, 0.5) is 13.9 Å². The van der Waals surface area contributed by atoms with E-state index in [9.17, 15) is 13.6 Å². The van der Waals surface area contributed by atoms with Crippen molar-refractivity contribution < 1.29 is 13.6 Å². The SMILES string of the molecule is Cc1cc(C(=O)Nc2nnc(C(F)F)s2)c(C)s1. The highest BCUT2D eigenvalue weighted by molar-refractivity contribution is 7.15. The summed E-state index contributed by atoms with van der Waals surface area (Å²) in [4.78, 5) is 13.8. The predicted molar refractivity (Wildman–Crippen MR) is 66.6 cm³/mol. The van der Waals surface area contributed by atoms with Gasteiger partial charge in [-0.15, -0.1) is 21.5 Å². The Morgan fingerprint density at radius 1 is 1.33 bits per heavy atom. The van der Waals surface area contributed by atoms with Crippen molar-refractivity contribution in [1.29, 1.82) is 0 Å². The first kappa shape index (κ1) is 13.0. The molecule has 8 heteroatoms. The topological polar surface area (TPSA) is 54.9 Å². The standard InChI is InChI=1S/C10H9F2N3OS2/c1-4-3-6(5(2)17-4)8(16)13-10-15-14-9(18-10)7(11)12/h3,7H,1-2H3,(H,13,15,16). The Morgan fingerprint density at radius 3 is 2.56 bits per heavy atom. The molecule has 2 heterocycles. The number of hydrogen-bond donors (Lipinski definition) is 1. The number of nitrogens with one attached hydrogen (secondary N) is 1. The molecule has 0 aromatic carbocycles. The van der Waals surface area contributed by atoms with Crippen LogP contribution in [-0.2, 0) is 0 Å². The summed E-state index contributed by atoms with van der Waals surface area (Å²) in [6.07, 6.45) is -2.67. The zero-order valence-electron chi connectivity index (χ0n) is 9.53. The summed E-state index contributed by atoms with van der Waals surface area (Å²) in [6, 6.07) is 1.75. The van der Waals surface area contributed by atoms with Crippen LogP contribution in [0.3, 0.4) is 0 Å². The van der Waals surface area contributed by atoms with Gasteiger partial charge in [-0.3, -0.25) is 10.1 Å². The Hall–Kier alpha value is -1.41. The summed E-state index contributed by atoms with van der Waals surface area (Å²) < 4.78 is 24.6. The number of amides is 1. The van der Waals surface area contributed by atoms with E-state index in [0.29, 0.717) is 16.9 Å². The predicted octanol–water partition coefficient (Wildman–Crippen LogP) is 3.41. The molecule has 96 valence electrons. The number of halogens is 2. The average molecular weight is 289 g/mol. The molecule has 4 nitrogen and oxygen atoms in total. The Labute approximate surface area is 110 Å². The van der Waals surface area contributed by atoms with Gasteiger partial charge in [0.25, 0.3) is 12.3 Å². The lowest BCUT2D eigenvalue weighted by atomic mass is 10.2. The lowest BCUT2D eigenvalue weighted by molar-refractivity contribution is 0.102. The summed E-state index contributed by atoms with van der Waals surface area (Å²) >= 11 is 2.18. The molecule has 0 bridgehead atoms. The van der Waals surface area contributed by atoms with Crippen LogP contribution < -0.4 is 5.32 Å². The summed E-state index contributed by atoms with van der Waals surface area (Å²) in [5.41, 5.74) is 0.534. The van der Waals surface area contributed by atoms with Crippen LogP contribution in [0.15, 0.2) is 6.07 Å². The maximum absolute atomic E-state index is 12.3. The molecule has 1 amide bonds. The molecule has 0 fully saturated rings. The molecule has 0 radical (unpaired) electrons. The third-order valence-electron chi connectivity index (χ3n) is 2.13. The molecule has 18 heavy (non-hydrogen) atoms. The highest BCUT2D eigenvalue weighted by atomic mass is 32.1. The van der Waals surface area contributed by atoms with Crippen LogP contribution in [0.2, 0.25) is 0 Å². The highest BCUT2D eigenvalue weighted by Crippen LogP contribution is 2.26. The lowest BCUT2D eigenvalue weighted by Crippen LogP contribution is -2.11. The van der Waals surface area contributed by atoms with Crippen molar-refractivity contribution >= 4 is 33.7 Å². The van der Waals surface area contributed by atoms with Crippen molar-refractivity contribution in [3.05, 3.63) is 26.4 Å². The average Bonchev–Trinajstić information content (AvgIpc) is 2.85. The van der Waals surface area contributed by atoms with E-state index in [1.54, 1.807) is 6.07 Å². The van der Waals surface area contributed by atoms with Crippen molar-refractivity contribution in [3.8, 4) is 0 Å². The van der Waals surface area contributed by atoms with E-state index in [1.807, 2.05) is 13.8 Å². The molecule has 0 aliphatic heterocycles. The van der Waals surface area contributed by atoms with Gasteiger partial charge in [0.1, 0.15) is 0 Å². The van der Waals surface area contributed by atoms with E-state index in [0.717, 1.165) is 9.75 Å². The van der Waals surface area contributed by atoms with Gasteiger partial charge in [0.05, 0.1) is 5.56 Å². The molecule has 0 saturated carbocycles. The number of rotatable bonds is 3. The normalized spacial score (nSPS) is 10.9. The van der Waals surface area contributed by atoms with Gasteiger partial charge < -0.3 is 0 Å². The first-order valence-corrected chi connectivity index (χ1v) is 6.60. The molecule has 1 N–H and O–H groups in total. The van der Waals surface area contributed by atoms with Crippen LogP contribution in [0, 0.1) is 13.8 Å². The van der Waals surface area contributed by atoms with E-state index >= 15 is 0 Å². The third-order valence-corrected chi connectivity index (χ3v) is 3.95. The second-order valence-corrected chi connectivity index (χ2v) is 6.00. The summed E-state index contributed by atoms with van der Waals surface area (Å²) in [5, 5.41) is 8.95. The number of carbonyl (C=O) groups is 1. The second kappa shape index (κ2) is 5.07. The van der Waals surface area contributed by atoms with Crippen LogP contribution >= 0.6 is 22.7 Å². The summed E-state index contributed by atoms with van der Waals surface area (Å²) in [6.45, 7) is 3.73. The molecule has 2 rings (SSSR count). The van der Waals surface area contributed by atoms with Gasteiger partial charge in [-0.05, 0) is 19.9 Å². The zero-order valence-corrected chi connectivity index (χ0v) is 11.2. The fraction of sp³-hybridized carbons (Fsp3) is 0.300. The van der Waals surface area contributed by atoms with E-state index in [-0.39, 0.29) is 11.0 Å². The van der Waals surface area contributed by atoms with Crippen LogP contribution in [-0.4, -0.2) is 16.1 Å². The van der Waals surface area contributed by atoms with E-state index in [2.05, 4.69) is 15.5 Å². The number of aromatic nitrogens is 2. The van der Waals surface area contributed by atoms with E-state index < -0.39 is 11.4 Å². The monoisotopic (exact) mass is 289 g/mol. The van der Waals surface area contributed by atoms with Crippen molar-refractivity contribution in [1.82, 2.24) is 10.2 Å². The molecule has 0 aliphatic rings. The summed E-state index contributed by atoms with van der Waals surface area (Å²) in [5.74, 6) is -0.353. The van der Waals surface area contributed by atoms with Gasteiger partial charge in [-0.25, -0.2) is 8.78 Å². The molecular weight excluding hydrogens is 280 g/mol. The number of anilines is 1. The lowest BCUT2D eigenvalue weighted by Gasteiger charge is -1.99. The van der Waals surface area contributed by atoms with Crippen LogP contribution in [0.25, 0.3) is 0 Å². The number of carbonyl (C=O) groups excluding carboxylic acids is 1. The molecule has 0 aliphatic carbocycles. The summed E-state index contributed by atoms with van der Waals surface area (Å²) in [7, 11) is 0. The maximum Gasteiger partial charge on any atom is 0.291 e. The number of alkyl halides is 2. The quantitative estimate of drug-likeness (QED) is 0.942. The Kier molecular flexibility index (Phi) is 3.67. The van der Waals surface area contributed by atoms with Gasteiger partial charge in [0.15, 0.2) is 5.01 Å². The largest absolute Gasteiger partial charge is 0.296 e. The minimum absolute atomic E-state index is 0.0820. The van der Waals surface area contributed by atoms with Gasteiger partial charge in [-0.2, -0.15) is 0 Å². The van der Waals surface area contributed by atoms with E-state index in [1.165, 1.54) is 11.3 Å². The van der Waals surface area contributed by atoms with Crippen molar-refractivity contribution in [2.24, 2.45) is 0 Å². The highest BCUT2D eigenvalue weighted by Gasteiger charge is 2.17. The third kappa shape index (κ3) is 2.70. The van der Waals surface area contributed by atoms with Gasteiger partial charge in [0.2, 0.25) is 5.13 Å². The smallest absolute Gasteiger partial charge is 0.291 e.